The highest BCUT2D eigenvalue weighted by atomic mass is 79.9. The number of carbonyl (C=O) groups excluding carboxylic acids is 1. The fraction of sp³-hybridized carbons (Fsp3) is 0.571. The van der Waals surface area contributed by atoms with Crippen molar-refractivity contribution in [2.75, 3.05) is 11.9 Å². The smallest absolute Gasteiger partial charge is 0.204 e. The van der Waals surface area contributed by atoms with E-state index in [1.54, 1.807) is 12.3 Å². The summed E-state index contributed by atoms with van der Waals surface area (Å²) in [6.07, 6.45) is 7.51. The number of carbonyl (C=O) groups is 1. The number of anilines is 1. The summed E-state index contributed by atoms with van der Waals surface area (Å²) < 4.78 is 6.30. The number of halogens is 1. The molecule has 6 aliphatic rings. The van der Waals surface area contributed by atoms with E-state index < -0.39 is 0 Å². The zero-order valence-corrected chi connectivity index (χ0v) is 17.0. The number of nitrogens with one attached hydrogen (secondary N) is 1. The molecule has 6 nitrogen and oxygen atoms in total. The highest BCUT2D eigenvalue weighted by Crippen LogP contribution is 2.59. The van der Waals surface area contributed by atoms with Crippen LogP contribution in [0.5, 0.6) is 0 Å². The number of furan rings is 1. The lowest BCUT2D eigenvalue weighted by atomic mass is 9.46. The SMILES string of the molecule is N#Cc1cc2c(Br)c(NC3CCC(N4C[C@H]5C(=O)C6C5C[C@@H]64)CC3)ncc2o1. The van der Waals surface area contributed by atoms with Gasteiger partial charge in [-0.15, -0.1) is 0 Å². The molecule has 3 aliphatic carbocycles. The summed E-state index contributed by atoms with van der Waals surface area (Å²) in [7, 11) is 0. The first-order valence-electron chi connectivity index (χ1n) is 10.2. The zero-order chi connectivity index (χ0) is 19.0. The van der Waals surface area contributed by atoms with Gasteiger partial charge in [-0.1, -0.05) is 0 Å². The van der Waals surface area contributed by atoms with Gasteiger partial charge >= 0.3 is 0 Å². The van der Waals surface area contributed by atoms with Gasteiger partial charge in [0.25, 0.3) is 0 Å². The largest absolute Gasteiger partial charge is 0.444 e. The van der Waals surface area contributed by atoms with Crippen molar-refractivity contribution in [3.8, 4) is 6.07 Å². The highest BCUT2D eigenvalue weighted by Gasteiger charge is 2.67. The number of hydrogen-bond acceptors (Lipinski definition) is 6. The third kappa shape index (κ3) is 2.28. The quantitative estimate of drug-likeness (QED) is 0.782. The van der Waals surface area contributed by atoms with Crippen molar-refractivity contribution < 1.29 is 9.21 Å². The molecule has 0 radical (unpaired) electrons. The van der Waals surface area contributed by atoms with Gasteiger partial charge in [0.05, 0.1) is 10.7 Å². The second-order valence-corrected chi connectivity index (χ2v) is 9.56. The molecule has 0 spiro atoms. The number of nitriles is 1. The molecule has 3 saturated heterocycles. The van der Waals surface area contributed by atoms with Crippen LogP contribution >= 0.6 is 15.9 Å². The third-order valence-corrected chi connectivity index (χ3v) is 8.37. The average Bonchev–Trinajstić information content (AvgIpc) is 3.14. The van der Waals surface area contributed by atoms with E-state index in [0.717, 1.165) is 41.0 Å². The van der Waals surface area contributed by atoms with Gasteiger partial charge in [0.1, 0.15) is 17.7 Å². The molecule has 5 heterocycles. The number of piperidine rings is 3. The Hall–Kier alpha value is -1.91. The van der Waals surface area contributed by atoms with Gasteiger partial charge in [-0.3, -0.25) is 9.69 Å². The molecular formula is C21H21BrN4O2. The topological polar surface area (TPSA) is 82.2 Å². The zero-order valence-electron chi connectivity index (χ0n) is 15.4. The molecule has 1 N–H and O–H groups in total. The van der Waals surface area contributed by atoms with Crippen molar-refractivity contribution in [3.63, 3.8) is 0 Å². The molecule has 3 saturated carbocycles. The molecule has 0 aromatic carbocycles. The number of rotatable bonds is 3. The fourth-order valence-electron chi connectivity index (χ4n) is 6.05. The Morgan fingerprint density at radius 2 is 2.14 bits per heavy atom. The number of Topliss-reactive ketones (excluding diaryl/α,β-unsaturated/α-hetero) is 1. The molecule has 2 aromatic heterocycles. The number of nitrogens with zero attached hydrogens (tertiary/aromatic N) is 3. The molecule has 8 rings (SSSR count). The van der Waals surface area contributed by atoms with Crippen LogP contribution in [0.3, 0.4) is 0 Å². The Balaban J connectivity index is 1.12. The van der Waals surface area contributed by atoms with Gasteiger partial charge in [0.2, 0.25) is 5.76 Å². The predicted octanol–water partition coefficient (Wildman–Crippen LogP) is 3.70. The molecule has 2 unspecified atom stereocenters. The van der Waals surface area contributed by atoms with Crippen LogP contribution in [0.15, 0.2) is 21.2 Å². The Kier molecular flexibility index (Phi) is 3.67. The minimum absolute atomic E-state index is 0.298. The molecule has 2 aromatic rings. The first kappa shape index (κ1) is 17.0. The Labute approximate surface area is 171 Å². The van der Waals surface area contributed by atoms with E-state index in [9.17, 15) is 4.79 Å². The molecule has 0 amide bonds. The summed E-state index contributed by atoms with van der Waals surface area (Å²) in [6, 6.07) is 5.36. The lowest BCUT2D eigenvalue weighted by molar-refractivity contribution is -0.197. The number of ketones is 1. The van der Waals surface area contributed by atoms with Crippen molar-refractivity contribution in [3.05, 3.63) is 22.5 Å². The van der Waals surface area contributed by atoms with E-state index >= 15 is 0 Å². The van der Waals surface area contributed by atoms with Crippen molar-refractivity contribution in [1.82, 2.24) is 9.88 Å². The van der Waals surface area contributed by atoms with Crippen molar-refractivity contribution in [1.29, 1.82) is 5.26 Å². The third-order valence-electron chi connectivity index (χ3n) is 7.57. The maximum atomic E-state index is 12.0. The van der Waals surface area contributed by atoms with Gasteiger partial charge in [0, 0.05) is 48.0 Å². The fourth-order valence-corrected chi connectivity index (χ4v) is 6.57. The Morgan fingerprint density at radius 1 is 1.32 bits per heavy atom. The second-order valence-electron chi connectivity index (χ2n) is 8.77. The first-order valence-corrected chi connectivity index (χ1v) is 11.0. The van der Waals surface area contributed by atoms with E-state index in [2.05, 4.69) is 31.1 Å². The van der Waals surface area contributed by atoms with Crippen molar-refractivity contribution >= 4 is 38.5 Å². The van der Waals surface area contributed by atoms with E-state index in [0.29, 0.717) is 47.1 Å². The van der Waals surface area contributed by atoms with E-state index in [1.165, 1.54) is 19.3 Å². The van der Waals surface area contributed by atoms with E-state index in [1.807, 2.05) is 6.07 Å². The molecular weight excluding hydrogens is 420 g/mol. The van der Waals surface area contributed by atoms with Crippen LogP contribution in [0.2, 0.25) is 0 Å². The summed E-state index contributed by atoms with van der Waals surface area (Å²) in [4.78, 5) is 19.2. The molecule has 4 atom stereocenters. The van der Waals surface area contributed by atoms with Crippen LogP contribution in [0.25, 0.3) is 11.0 Å². The first-order chi connectivity index (χ1) is 13.6. The summed E-state index contributed by atoms with van der Waals surface area (Å²) >= 11 is 3.62. The molecule has 6 fully saturated rings. The van der Waals surface area contributed by atoms with Crippen LogP contribution in [-0.2, 0) is 4.79 Å². The van der Waals surface area contributed by atoms with Gasteiger partial charge < -0.3 is 9.73 Å². The molecule has 144 valence electrons. The molecule has 4 bridgehead atoms. The second kappa shape index (κ2) is 6.04. The summed E-state index contributed by atoms with van der Waals surface area (Å²) in [5.41, 5.74) is 0.620. The van der Waals surface area contributed by atoms with Gasteiger partial charge in [0.15, 0.2) is 5.58 Å². The maximum absolute atomic E-state index is 12.0. The van der Waals surface area contributed by atoms with Crippen LogP contribution in [0, 0.1) is 29.1 Å². The molecule has 28 heavy (non-hydrogen) atoms. The van der Waals surface area contributed by atoms with Crippen LogP contribution in [0.1, 0.15) is 37.9 Å². The average molecular weight is 441 g/mol. The van der Waals surface area contributed by atoms with Gasteiger partial charge in [-0.05, 0) is 54.0 Å². The predicted molar refractivity (Wildman–Crippen MR) is 107 cm³/mol. The van der Waals surface area contributed by atoms with Crippen molar-refractivity contribution in [2.24, 2.45) is 17.8 Å². The number of pyridine rings is 1. The lowest BCUT2D eigenvalue weighted by Crippen LogP contribution is -2.76. The van der Waals surface area contributed by atoms with Crippen LogP contribution < -0.4 is 5.32 Å². The van der Waals surface area contributed by atoms with Crippen LogP contribution in [0.4, 0.5) is 5.82 Å². The highest BCUT2D eigenvalue weighted by molar-refractivity contribution is 9.10. The normalized spacial score (nSPS) is 36.5. The lowest BCUT2D eigenvalue weighted by Gasteiger charge is -2.67. The molecule has 7 heteroatoms. The van der Waals surface area contributed by atoms with Crippen LogP contribution in [-0.4, -0.2) is 40.3 Å². The Morgan fingerprint density at radius 3 is 2.82 bits per heavy atom. The minimum Gasteiger partial charge on any atom is -0.444 e. The summed E-state index contributed by atoms with van der Waals surface area (Å²) in [5.74, 6) is 3.13. The summed E-state index contributed by atoms with van der Waals surface area (Å²) in [6.45, 7) is 1.01. The van der Waals surface area contributed by atoms with Gasteiger partial charge in [-0.2, -0.15) is 5.26 Å². The van der Waals surface area contributed by atoms with E-state index in [-0.39, 0.29) is 0 Å². The standard InChI is InChI=1S/C21H21BrN4O2/c22-19-14-5-12(7-23)28-17(14)8-24-21(19)25-10-1-3-11(4-2-10)26-9-15-13-6-16(26)18(13)20(15)27/h5,8,10-11,13,15-16,18H,1-4,6,9H2,(H,24,25)/t10?,11?,13?,15-,16+,18?/m1/s1. The molecule has 3 aliphatic heterocycles. The summed E-state index contributed by atoms with van der Waals surface area (Å²) in [5, 5.41) is 13.5. The minimum atomic E-state index is 0.298. The van der Waals surface area contributed by atoms with Gasteiger partial charge in [-0.25, -0.2) is 4.98 Å². The van der Waals surface area contributed by atoms with E-state index in [4.69, 9.17) is 9.68 Å². The number of hydrogen-bond donors (Lipinski definition) is 1. The maximum Gasteiger partial charge on any atom is 0.204 e. The number of aromatic nitrogens is 1. The van der Waals surface area contributed by atoms with Crippen molar-refractivity contribution in [2.45, 2.75) is 50.2 Å². The monoisotopic (exact) mass is 440 g/mol. The Bertz CT molecular complexity index is 1010. The number of fused-ring (bicyclic) bond motifs is 1.